The molecule has 0 amide bonds. The van der Waals surface area contributed by atoms with Crippen LogP contribution in [0.15, 0.2) is 18.2 Å². The quantitative estimate of drug-likeness (QED) is 0.816. The van der Waals surface area contributed by atoms with Gasteiger partial charge in [0, 0.05) is 0 Å². The highest BCUT2D eigenvalue weighted by molar-refractivity contribution is 5.76. The van der Waals surface area contributed by atoms with Gasteiger partial charge in [-0.05, 0) is 31.5 Å². The number of aryl methyl sites for hydroxylation is 1. The minimum atomic E-state index is -2.03. The van der Waals surface area contributed by atoms with Crippen molar-refractivity contribution in [2.45, 2.75) is 19.4 Å². The Morgan fingerprint density at radius 1 is 1.56 bits per heavy atom. The Kier molecular flexibility index (Phi) is 3.49. The van der Waals surface area contributed by atoms with E-state index in [1.807, 2.05) is 0 Å². The average molecular weight is 228 g/mol. The third kappa shape index (κ3) is 2.93. The molecule has 1 aromatic rings. The molecule has 1 unspecified atom stereocenters. The van der Waals surface area contributed by atoms with Crippen molar-refractivity contribution in [3.05, 3.63) is 29.6 Å². The Morgan fingerprint density at radius 2 is 2.19 bits per heavy atom. The summed E-state index contributed by atoms with van der Waals surface area (Å²) < 4.78 is 18.1. The second-order valence-electron chi connectivity index (χ2n) is 3.80. The van der Waals surface area contributed by atoms with Crippen molar-refractivity contribution in [3.8, 4) is 5.75 Å². The van der Waals surface area contributed by atoms with Gasteiger partial charge < -0.3 is 14.9 Å². The molecule has 1 rings (SSSR count). The second-order valence-corrected chi connectivity index (χ2v) is 3.80. The van der Waals surface area contributed by atoms with Crippen LogP contribution in [-0.4, -0.2) is 28.4 Å². The number of carboxylic acids is 1. The molecule has 0 spiro atoms. The molecule has 1 atom stereocenters. The predicted molar refractivity (Wildman–Crippen MR) is 54.9 cm³/mol. The fourth-order valence-corrected chi connectivity index (χ4v) is 1.00. The van der Waals surface area contributed by atoms with Gasteiger partial charge in [0.15, 0.2) is 17.2 Å². The summed E-state index contributed by atoms with van der Waals surface area (Å²) in [6.45, 7) is 2.33. The van der Waals surface area contributed by atoms with E-state index in [1.165, 1.54) is 12.1 Å². The Bertz CT molecular complexity index is 401. The fraction of sp³-hybridized carbons (Fsp3) is 0.364. The number of benzene rings is 1. The van der Waals surface area contributed by atoms with Crippen LogP contribution in [0.5, 0.6) is 5.75 Å². The van der Waals surface area contributed by atoms with Gasteiger partial charge in [-0.25, -0.2) is 9.18 Å². The SMILES string of the molecule is Cc1ccc(F)c(OCC(C)(O)C(=O)O)c1. The second kappa shape index (κ2) is 4.49. The van der Waals surface area contributed by atoms with E-state index in [4.69, 9.17) is 9.84 Å². The maximum atomic E-state index is 13.2. The van der Waals surface area contributed by atoms with Gasteiger partial charge in [-0.3, -0.25) is 0 Å². The lowest BCUT2D eigenvalue weighted by Crippen LogP contribution is -2.41. The van der Waals surface area contributed by atoms with E-state index in [-0.39, 0.29) is 5.75 Å². The molecule has 0 aliphatic rings. The predicted octanol–water partition coefficient (Wildman–Crippen LogP) is 1.35. The highest BCUT2D eigenvalue weighted by Crippen LogP contribution is 2.19. The van der Waals surface area contributed by atoms with E-state index in [2.05, 4.69) is 0 Å². The minimum absolute atomic E-state index is 0.0680. The lowest BCUT2D eigenvalue weighted by Gasteiger charge is -2.18. The molecule has 1 aromatic carbocycles. The van der Waals surface area contributed by atoms with Crippen LogP contribution in [0, 0.1) is 12.7 Å². The van der Waals surface area contributed by atoms with Crippen LogP contribution >= 0.6 is 0 Å². The summed E-state index contributed by atoms with van der Waals surface area (Å²) in [5.41, 5.74) is -1.25. The number of aliphatic carboxylic acids is 1. The molecule has 0 radical (unpaired) electrons. The lowest BCUT2D eigenvalue weighted by atomic mass is 10.1. The number of rotatable bonds is 4. The van der Waals surface area contributed by atoms with Gasteiger partial charge in [0.2, 0.25) is 0 Å². The highest BCUT2D eigenvalue weighted by Gasteiger charge is 2.31. The summed E-state index contributed by atoms with van der Waals surface area (Å²) >= 11 is 0. The monoisotopic (exact) mass is 228 g/mol. The molecular weight excluding hydrogens is 215 g/mol. The Hall–Kier alpha value is -1.62. The zero-order chi connectivity index (χ0) is 12.3. The average Bonchev–Trinajstić information content (AvgIpc) is 2.19. The first-order chi connectivity index (χ1) is 7.33. The van der Waals surface area contributed by atoms with Crippen molar-refractivity contribution in [2.24, 2.45) is 0 Å². The van der Waals surface area contributed by atoms with Crippen LogP contribution in [0.1, 0.15) is 12.5 Å². The molecule has 0 saturated carbocycles. The standard InChI is InChI=1S/C11H13FO4/c1-7-3-4-8(12)9(5-7)16-6-11(2,15)10(13)14/h3-5,15H,6H2,1-2H3,(H,13,14). The van der Waals surface area contributed by atoms with Crippen molar-refractivity contribution in [3.63, 3.8) is 0 Å². The Labute approximate surface area is 92.3 Å². The summed E-state index contributed by atoms with van der Waals surface area (Å²) in [6, 6.07) is 4.23. The van der Waals surface area contributed by atoms with Crippen molar-refractivity contribution in [1.82, 2.24) is 0 Å². The minimum Gasteiger partial charge on any atom is -0.487 e. The molecule has 0 aliphatic carbocycles. The molecule has 0 heterocycles. The van der Waals surface area contributed by atoms with Gasteiger partial charge in [-0.2, -0.15) is 0 Å². The van der Waals surface area contributed by atoms with Crippen LogP contribution in [-0.2, 0) is 4.79 Å². The van der Waals surface area contributed by atoms with Crippen molar-refractivity contribution in [1.29, 1.82) is 0 Å². The van der Waals surface area contributed by atoms with Gasteiger partial charge in [-0.15, -0.1) is 0 Å². The molecule has 0 aromatic heterocycles. The van der Waals surface area contributed by atoms with Crippen LogP contribution in [0.25, 0.3) is 0 Å². The number of ether oxygens (including phenoxy) is 1. The maximum absolute atomic E-state index is 13.2. The van der Waals surface area contributed by atoms with Crippen molar-refractivity contribution < 1.29 is 24.1 Å². The van der Waals surface area contributed by atoms with E-state index < -0.39 is 24.0 Å². The molecule has 0 saturated heterocycles. The molecule has 16 heavy (non-hydrogen) atoms. The van der Waals surface area contributed by atoms with E-state index in [1.54, 1.807) is 13.0 Å². The largest absolute Gasteiger partial charge is 0.487 e. The first-order valence-corrected chi connectivity index (χ1v) is 4.67. The van der Waals surface area contributed by atoms with Gasteiger partial charge >= 0.3 is 5.97 Å². The smallest absolute Gasteiger partial charge is 0.339 e. The number of carboxylic acid groups (broad SMARTS) is 1. The number of hydrogen-bond acceptors (Lipinski definition) is 3. The highest BCUT2D eigenvalue weighted by atomic mass is 19.1. The van der Waals surface area contributed by atoms with E-state index in [0.717, 1.165) is 12.5 Å². The molecule has 0 fully saturated rings. The summed E-state index contributed by atoms with van der Waals surface area (Å²) in [5.74, 6) is -2.08. The molecule has 4 nitrogen and oxygen atoms in total. The number of halogens is 1. The van der Waals surface area contributed by atoms with Crippen molar-refractivity contribution >= 4 is 5.97 Å². The number of hydrogen-bond donors (Lipinski definition) is 2. The van der Waals surface area contributed by atoms with Gasteiger partial charge in [0.25, 0.3) is 0 Å². The van der Waals surface area contributed by atoms with E-state index in [9.17, 15) is 14.3 Å². The van der Waals surface area contributed by atoms with Crippen LogP contribution in [0.3, 0.4) is 0 Å². The molecular formula is C11H13FO4. The molecule has 0 aliphatic heterocycles. The lowest BCUT2D eigenvalue weighted by molar-refractivity contribution is -0.159. The molecule has 2 N–H and O–H groups in total. The van der Waals surface area contributed by atoms with Crippen LogP contribution in [0.2, 0.25) is 0 Å². The first kappa shape index (κ1) is 12.4. The van der Waals surface area contributed by atoms with E-state index >= 15 is 0 Å². The maximum Gasteiger partial charge on any atom is 0.339 e. The van der Waals surface area contributed by atoms with Crippen molar-refractivity contribution in [2.75, 3.05) is 6.61 Å². The first-order valence-electron chi connectivity index (χ1n) is 4.67. The zero-order valence-electron chi connectivity index (χ0n) is 9.03. The summed E-state index contributed by atoms with van der Waals surface area (Å²) in [7, 11) is 0. The molecule has 0 bridgehead atoms. The number of aliphatic hydroxyl groups is 1. The van der Waals surface area contributed by atoms with Crippen LogP contribution < -0.4 is 4.74 Å². The van der Waals surface area contributed by atoms with E-state index in [0.29, 0.717) is 0 Å². The normalized spacial score (nSPS) is 14.2. The Balaban J connectivity index is 2.75. The van der Waals surface area contributed by atoms with Gasteiger partial charge in [-0.1, -0.05) is 6.07 Å². The Morgan fingerprint density at radius 3 is 2.75 bits per heavy atom. The van der Waals surface area contributed by atoms with Crippen LogP contribution in [0.4, 0.5) is 4.39 Å². The zero-order valence-corrected chi connectivity index (χ0v) is 9.03. The summed E-state index contributed by atoms with van der Waals surface area (Å²) in [6.07, 6.45) is 0. The molecule has 88 valence electrons. The fourth-order valence-electron chi connectivity index (χ4n) is 1.00. The van der Waals surface area contributed by atoms with Gasteiger partial charge in [0.05, 0.1) is 0 Å². The summed E-state index contributed by atoms with van der Waals surface area (Å²) in [5, 5.41) is 18.0. The summed E-state index contributed by atoms with van der Waals surface area (Å²) in [4.78, 5) is 10.6. The molecule has 5 heteroatoms. The van der Waals surface area contributed by atoms with Gasteiger partial charge in [0.1, 0.15) is 6.61 Å². The topological polar surface area (TPSA) is 66.8 Å². The number of carbonyl (C=O) groups is 1. The third-order valence-electron chi connectivity index (χ3n) is 2.06. The third-order valence-corrected chi connectivity index (χ3v) is 2.06.